The Hall–Kier alpha value is -2.44. The quantitative estimate of drug-likeness (QED) is 0.882. The highest BCUT2D eigenvalue weighted by molar-refractivity contribution is 5.75. The minimum absolute atomic E-state index is 0.168. The fourth-order valence-electron chi connectivity index (χ4n) is 3.86. The number of nitrogens with zero attached hydrogens (tertiary/aromatic N) is 4. The van der Waals surface area contributed by atoms with Gasteiger partial charge in [0.15, 0.2) is 5.82 Å². The summed E-state index contributed by atoms with van der Waals surface area (Å²) in [4.78, 5) is 12.4. The van der Waals surface area contributed by atoms with E-state index in [0.717, 1.165) is 42.5 Å². The topological polar surface area (TPSA) is 84.7 Å². The number of hydrogen-bond donors (Lipinski definition) is 2. The molecule has 0 radical (unpaired) electrons. The minimum atomic E-state index is -0.552. The van der Waals surface area contributed by atoms with Crippen LogP contribution in [0.5, 0.6) is 0 Å². The van der Waals surface area contributed by atoms with Crippen molar-refractivity contribution in [2.24, 2.45) is 5.92 Å². The summed E-state index contributed by atoms with van der Waals surface area (Å²) < 4.78 is 1.81. The lowest BCUT2D eigenvalue weighted by molar-refractivity contribution is 0.176. The number of hydrogen-bond acceptors (Lipinski definition) is 4. The van der Waals surface area contributed by atoms with Gasteiger partial charge >= 0.3 is 6.03 Å². The zero-order valence-electron chi connectivity index (χ0n) is 16.0. The average Bonchev–Trinajstić information content (AvgIpc) is 3.07. The van der Waals surface area contributed by atoms with Crippen molar-refractivity contribution in [2.75, 3.05) is 6.54 Å². The highest BCUT2D eigenvalue weighted by Gasteiger charge is 2.42. The van der Waals surface area contributed by atoms with Crippen LogP contribution in [0.15, 0.2) is 18.2 Å². The molecule has 1 aromatic heterocycles. The van der Waals surface area contributed by atoms with Gasteiger partial charge in [-0.05, 0) is 73.9 Å². The van der Waals surface area contributed by atoms with Crippen molar-refractivity contribution >= 4 is 6.03 Å². The third-order valence-corrected chi connectivity index (χ3v) is 5.37. The van der Waals surface area contributed by atoms with Gasteiger partial charge in [0.1, 0.15) is 5.54 Å². The van der Waals surface area contributed by atoms with Crippen LogP contribution in [0.4, 0.5) is 4.79 Å². The molecular formula is C19H28N6O. The third kappa shape index (κ3) is 3.43. The van der Waals surface area contributed by atoms with E-state index in [9.17, 15) is 4.79 Å². The van der Waals surface area contributed by atoms with Crippen molar-refractivity contribution in [2.45, 2.75) is 58.9 Å². The summed E-state index contributed by atoms with van der Waals surface area (Å²) in [5.41, 5.74) is 2.65. The van der Waals surface area contributed by atoms with Gasteiger partial charge in [-0.3, -0.25) is 0 Å². The average molecular weight is 356 g/mol. The van der Waals surface area contributed by atoms with Gasteiger partial charge in [-0.2, -0.15) is 4.68 Å². The minimum Gasteiger partial charge on any atom is -0.338 e. The number of nitrogens with one attached hydrogen (secondary N) is 2. The van der Waals surface area contributed by atoms with Crippen molar-refractivity contribution in [1.29, 1.82) is 0 Å². The lowest BCUT2D eigenvalue weighted by Gasteiger charge is -2.39. The van der Waals surface area contributed by atoms with Crippen LogP contribution in [0.3, 0.4) is 0 Å². The fourth-order valence-corrected chi connectivity index (χ4v) is 3.86. The smallest absolute Gasteiger partial charge is 0.315 e. The van der Waals surface area contributed by atoms with Crippen LogP contribution < -0.4 is 10.6 Å². The maximum Gasteiger partial charge on any atom is 0.315 e. The second-order valence-electron chi connectivity index (χ2n) is 7.40. The lowest BCUT2D eigenvalue weighted by atomic mass is 9.76. The standard InChI is InChI=1S/C19H28N6O/c1-5-20-18(26)21-19(11-9-13(2)10-12-19)17-22-23-24-25(17)16-14(3)7-6-8-15(16)4/h6-8,13H,5,9-12H2,1-4H3,(H2,20,21,26). The van der Waals surface area contributed by atoms with Crippen LogP contribution in [-0.2, 0) is 5.54 Å². The van der Waals surface area contributed by atoms with Gasteiger partial charge in [0.2, 0.25) is 0 Å². The van der Waals surface area contributed by atoms with Crippen LogP contribution in [0, 0.1) is 19.8 Å². The van der Waals surface area contributed by atoms with Gasteiger partial charge in [0, 0.05) is 6.54 Å². The maximum atomic E-state index is 12.4. The number of aryl methyl sites for hydroxylation is 2. The van der Waals surface area contributed by atoms with Crippen molar-refractivity contribution in [3.05, 3.63) is 35.2 Å². The molecule has 1 fully saturated rings. The Morgan fingerprint density at radius 1 is 1.27 bits per heavy atom. The number of benzene rings is 1. The van der Waals surface area contributed by atoms with Crippen molar-refractivity contribution in [3.63, 3.8) is 0 Å². The van der Waals surface area contributed by atoms with Crippen molar-refractivity contribution < 1.29 is 4.79 Å². The number of urea groups is 1. The molecule has 1 aromatic carbocycles. The number of rotatable bonds is 4. The first-order valence-electron chi connectivity index (χ1n) is 9.38. The summed E-state index contributed by atoms with van der Waals surface area (Å²) in [5, 5.41) is 18.7. The summed E-state index contributed by atoms with van der Waals surface area (Å²) >= 11 is 0. The first-order chi connectivity index (χ1) is 12.5. The van der Waals surface area contributed by atoms with Gasteiger partial charge in [-0.15, -0.1) is 5.10 Å². The molecule has 26 heavy (non-hydrogen) atoms. The van der Waals surface area contributed by atoms with Crippen molar-refractivity contribution in [3.8, 4) is 5.69 Å². The molecule has 0 unspecified atom stereocenters. The molecule has 1 aliphatic carbocycles. The Kier molecular flexibility index (Phi) is 5.25. The molecule has 3 rings (SSSR count). The van der Waals surface area contributed by atoms with Gasteiger partial charge in [-0.1, -0.05) is 25.1 Å². The second-order valence-corrected chi connectivity index (χ2v) is 7.40. The second kappa shape index (κ2) is 7.43. The van der Waals surface area contributed by atoms with E-state index in [4.69, 9.17) is 0 Å². The molecule has 2 amide bonds. The number of aromatic nitrogens is 4. The van der Waals surface area contributed by atoms with E-state index < -0.39 is 5.54 Å². The molecular weight excluding hydrogens is 328 g/mol. The molecule has 2 aromatic rings. The van der Waals surface area contributed by atoms with E-state index in [0.29, 0.717) is 18.3 Å². The summed E-state index contributed by atoms with van der Waals surface area (Å²) in [7, 11) is 0. The molecule has 0 spiro atoms. The van der Waals surface area contributed by atoms with Gasteiger partial charge in [-0.25, -0.2) is 4.79 Å². The lowest BCUT2D eigenvalue weighted by Crippen LogP contribution is -2.53. The van der Waals surface area contributed by atoms with Crippen LogP contribution in [-0.4, -0.2) is 32.8 Å². The van der Waals surface area contributed by atoms with E-state index in [2.05, 4.69) is 59.1 Å². The van der Waals surface area contributed by atoms with Crippen LogP contribution in [0.2, 0.25) is 0 Å². The first-order valence-corrected chi connectivity index (χ1v) is 9.38. The summed E-state index contributed by atoms with van der Waals surface area (Å²) in [5.74, 6) is 1.36. The number of carbonyl (C=O) groups is 1. The Morgan fingerprint density at radius 2 is 1.92 bits per heavy atom. The molecule has 1 aliphatic rings. The highest BCUT2D eigenvalue weighted by atomic mass is 16.2. The summed E-state index contributed by atoms with van der Waals surface area (Å²) in [6.45, 7) is 8.86. The van der Waals surface area contributed by atoms with Crippen LogP contribution >= 0.6 is 0 Å². The largest absolute Gasteiger partial charge is 0.338 e. The molecule has 2 N–H and O–H groups in total. The molecule has 0 atom stereocenters. The maximum absolute atomic E-state index is 12.4. The normalized spacial score (nSPS) is 22.8. The zero-order chi connectivity index (χ0) is 18.7. The number of amides is 2. The van der Waals surface area contributed by atoms with E-state index in [1.54, 1.807) is 0 Å². The predicted octanol–water partition coefficient (Wildman–Crippen LogP) is 3.00. The third-order valence-electron chi connectivity index (χ3n) is 5.37. The monoisotopic (exact) mass is 356 g/mol. The van der Waals surface area contributed by atoms with Crippen molar-refractivity contribution in [1.82, 2.24) is 30.8 Å². The van der Waals surface area contributed by atoms with E-state index >= 15 is 0 Å². The fraction of sp³-hybridized carbons (Fsp3) is 0.579. The zero-order valence-corrected chi connectivity index (χ0v) is 16.0. The Balaban J connectivity index is 2.06. The summed E-state index contributed by atoms with van der Waals surface area (Å²) in [6.07, 6.45) is 3.73. The molecule has 0 saturated heterocycles. The van der Waals surface area contributed by atoms with Gasteiger partial charge < -0.3 is 10.6 Å². The molecule has 1 saturated carbocycles. The van der Waals surface area contributed by atoms with Gasteiger partial charge in [0.05, 0.1) is 5.69 Å². The number of para-hydroxylation sites is 1. The summed E-state index contributed by atoms with van der Waals surface area (Å²) in [6, 6.07) is 5.97. The molecule has 1 heterocycles. The SMILES string of the molecule is CCNC(=O)NC1(c2nnnn2-c2c(C)cccc2C)CCC(C)CC1. The predicted molar refractivity (Wildman–Crippen MR) is 100 cm³/mol. The Labute approximate surface area is 154 Å². The van der Waals surface area contributed by atoms with E-state index in [-0.39, 0.29) is 6.03 Å². The molecule has 7 nitrogen and oxygen atoms in total. The molecule has 7 heteroatoms. The van der Waals surface area contributed by atoms with Crippen LogP contribution in [0.1, 0.15) is 56.5 Å². The van der Waals surface area contributed by atoms with Crippen LogP contribution in [0.25, 0.3) is 5.69 Å². The Morgan fingerprint density at radius 3 is 2.54 bits per heavy atom. The first kappa shape index (κ1) is 18.4. The molecule has 140 valence electrons. The number of tetrazole rings is 1. The molecule has 0 bridgehead atoms. The van der Waals surface area contributed by atoms with Gasteiger partial charge in [0.25, 0.3) is 0 Å². The highest BCUT2D eigenvalue weighted by Crippen LogP contribution is 2.39. The number of carbonyl (C=O) groups excluding carboxylic acids is 1. The van der Waals surface area contributed by atoms with E-state index in [1.165, 1.54) is 0 Å². The molecule has 0 aliphatic heterocycles. The van der Waals surface area contributed by atoms with E-state index in [1.807, 2.05) is 17.7 Å². The Bertz CT molecular complexity index is 756.